The Morgan fingerprint density at radius 1 is 1.23 bits per heavy atom. The molecule has 2 aliphatic rings. The predicted molar refractivity (Wildman–Crippen MR) is 110 cm³/mol. The zero-order chi connectivity index (χ0) is 21.9. The Hall–Kier alpha value is -2.64. The fourth-order valence-electron chi connectivity index (χ4n) is 4.09. The van der Waals surface area contributed by atoms with Gasteiger partial charge in [-0.15, -0.1) is 0 Å². The second kappa shape index (κ2) is 9.02. The topological polar surface area (TPSA) is 87.7 Å². The van der Waals surface area contributed by atoms with Crippen molar-refractivity contribution in [3.8, 4) is 0 Å². The Kier molecular flexibility index (Phi) is 6.63. The summed E-state index contributed by atoms with van der Waals surface area (Å²) in [6.07, 6.45) is 2.27. The van der Waals surface area contributed by atoms with Crippen LogP contribution < -0.4 is 15.5 Å². The van der Waals surface area contributed by atoms with Gasteiger partial charge in [0.15, 0.2) is 0 Å². The summed E-state index contributed by atoms with van der Waals surface area (Å²) in [6.45, 7) is 6.00. The standard InChI is InChI=1S/C22H30FN3O4/c1-22(2,3)30-21(29)24-12-14-7-6-9-17(14)25-20(28)15-11-19(27)26(13-15)18-10-5-4-8-16(18)23/h4-5,8,10,14-15,17H,6-7,9,11-13H2,1-3H3,(H,24,29)(H,25,28)/t14-,15-,17+/m0/s1. The molecule has 1 heterocycles. The molecule has 1 saturated carbocycles. The molecule has 1 aromatic carbocycles. The van der Waals surface area contributed by atoms with Crippen LogP contribution in [-0.2, 0) is 14.3 Å². The molecule has 7 nitrogen and oxygen atoms in total. The van der Waals surface area contributed by atoms with Gasteiger partial charge in [0, 0.05) is 25.6 Å². The van der Waals surface area contributed by atoms with Crippen molar-refractivity contribution >= 4 is 23.6 Å². The number of hydrogen-bond donors (Lipinski definition) is 2. The number of nitrogens with zero attached hydrogens (tertiary/aromatic N) is 1. The molecule has 1 aromatic rings. The molecule has 0 aromatic heterocycles. The zero-order valence-corrected chi connectivity index (χ0v) is 17.7. The quantitative estimate of drug-likeness (QED) is 0.768. The summed E-state index contributed by atoms with van der Waals surface area (Å²) in [4.78, 5) is 38.4. The molecule has 2 N–H and O–H groups in total. The lowest BCUT2D eigenvalue weighted by atomic mass is 10.0. The number of carbonyl (C=O) groups is 3. The average molecular weight is 419 g/mol. The lowest BCUT2D eigenvalue weighted by molar-refractivity contribution is -0.127. The van der Waals surface area contributed by atoms with E-state index in [0.717, 1.165) is 19.3 Å². The molecule has 0 radical (unpaired) electrons. The first kappa shape index (κ1) is 22.1. The van der Waals surface area contributed by atoms with E-state index >= 15 is 0 Å². The number of rotatable bonds is 5. The van der Waals surface area contributed by atoms with Gasteiger partial charge in [-0.2, -0.15) is 0 Å². The molecular formula is C22H30FN3O4. The highest BCUT2D eigenvalue weighted by Crippen LogP contribution is 2.29. The number of halogens is 1. The largest absolute Gasteiger partial charge is 0.444 e. The van der Waals surface area contributed by atoms with Gasteiger partial charge >= 0.3 is 6.09 Å². The Bertz CT molecular complexity index is 808. The molecule has 3 rings (SSSR count). The fraction of sp³-hybridized carbons (Fsp3) is 0.591. The number of para-hydroxylation sites is 1. The van der Waals surface area contributed by atoms with Crippen LogP contribution in [0.3, 0.4) is 0 Å². The molecule has 0 unspecified atom stereocenters. The van der Waals surface area contributed by atoms with E-state index in [2.05, 4.69) is 10.6 Å². The molecule has 8 heteroatoms. The van der Waals surface area contributed by atoms with Gasteiger partial charge in [0.05, 0.1) is 11.6 Å². The number of benzene rings is 1. The fourth-order valence-corrected chi connectivity index (χ4v) is 4.09. The van der Waals surface area contributed by atoms with Crippen molar-refractivity contribution in [3.63, 3.8) is 0 Å². The minimum Gasteiger partial charge on any atom is -0.444 e. The third-order valence-corrected chi connectivity index (χ3v) is 5.53. The third-order valence-electron chi connectivity index (χ3n) is 5.53. The number of alkyl carbamates (subject to hydrolysis) is 1. The highest BCUT2D eigenvalue weighted by atomic mass is 19.1. The van der Waals surface area contributed by atoms with E-state index in [-0.39, 0.29) is 42.4 Å². The van der Waals surface area contributed by atoms with Gasteiger partial charge in [-0.3, -0.25) is 9.59 Å². The van der Waals surface area contributed by atoms with E-state index in [1.807, 2.05) is 0 Å². The summed E-state index contributed by atoms with van der Waals surface area (Å²) < 4.78 is 19.3. The van der Waals surface area contributed by atoms with E-state index < -0.39 is 23.4 Å². The van der Waals surface area contributed by atoms with Gasteiger partial charge in [-0.1, -0.05) is 18.6 Å². The number of nitrogens with one attached hydrogen (secondary N) is 2. The minimum absolute atomic E-state index is 0.0632. The van der Waals surface area contributed by atoms with Crippen molar-refractivity contribution in [2.45, 2.75) is 58.1 Å². The molecule has 1 aliphatic carbocycles. The van der Waals surface area contributed by atoms with Crippen LogP contribution in [0.1, 0.15) is 46.5 Å². The Morgan fingerprint density at radius 2 is 1.97 bits per heavy atom. The van der Waals surface area contributed by atoms with Crippen molar-refractivity contribution in [1.82, 2.24) is 10.6 Å². The summed E-state index contributed by atoms with van der Waals surface area (Å²) >= 11 is 0. The average Bonchev–Trinajstić information content (AvgIpc) is 3.25. The Morgan fingerprint density at radius 3 is 2.67 bits per heavy atom. The first-order valence-corrected chi connectivity index (χ1v) is 10.5. The molecule has 1 aliphatic heterocycles. The van der Waals surface area contributed by atoms with Crippen molar-refractivity contribution in [2.24, 2.45) is 11.8 Å². The molecule has 30 heavy (non-hydrogen) atoms. The summed E-state index contributed by atoms with van der Waals surface area (Å²) in [6, 6.07) is 6.01. The Balaban J connectivity index is 1.53. The lowest BCUT2D eigenvalue weighted by Crippen LogP contribution is -2.45. The molecule has 3 amide bonds. The summed E-state index contributed by atoms with van der Waals surface area (Å²) in [5, 5.41) is 5.83. The maximum absolute atomic E-state index is 14.0. The third kappa shape index (κ3) is 5.49. The molecule has 164 valence electrons. The lowest BCUT2D eigenvalue weighted by Gasteiger charge is -2.24. The SMILES string of the molecule is CC(C)(C)OC(=O)NC[C@@H]1CCC[C@H]1NC(=O)[C@H]1CC(=O)N(c2ccccc2F)C1. The maximum Gasteiger partial charge on any atom is 0.407 e. The molecular weight excluding hydrogens is 389 g/mol. The second-order valence-corrected chi connectivity index (χ2v) is 9.05. The zero-order valence-electron chi connectivity index (χ0n) is 17.7. The highest BCUT2D eigenvalue weighted by Gasteiger charge is 2.38. The first-order chi connectivity index (χ1) is 14.1. The maximum atomic E-state index is 14.0. The van der Waals surface area contributed by atoms with Crippen LogP contribution in [0.5, 0.6) is 0 Å². The van der Waals surface area contributed by atoms with E-state index in [9.17, 15) is 18.8 Å². The molecule has 0 bridgehead atoms. The van der Waals surface area contributed by atoms with Gasteiger partial charge in [0.2, 0.25) is 11.8 Å². The van der Waals surface area contributed by atoms with Crippen LogP contribution in [0, 0.1) is 17.7 Å². The summed E-state index contributed by atoms with van der Waals surface area (Å²) in [7, 11) is 0. The predicted octanol–water partition coefficient (Wildman–Crippen LogP) is 2.99. The van der Waals surface area contributed by atoms with Crippen molar-refractivity contribution in [2.75, 3.05) is 18.0 Å². The Labute approximate surface area is 176 Å². The van der Waals surface area contributed by atoms with E-state index in [1.165, 1.54) is 11.0 Å². The molecule has 0 spiro atoms. The molecule has 2 fully saturated rings. The van der Waals surface area contributed by atoms with Crippen LogP contribution in [0.4, 0.5) is 14.9 Å². The van der Waals surface area contributed by atoms with E-state index in [0.29, 0.717) is 6.54 Å². The van der Waals surface area contributed by atoms with Crippen molar-refractivity contribution in [3.05, 3.63) is 30.1 Å². The number of ether oxygens (including phenoxy) is 1. The summed E-state index contributed by atoms with van der Waals surface area (Å²) in [5.74, 6) is -1.33. The molecule has 3 atom stereocenters. The second-order valence-electron chi connectivity index (χ2n) is 9.05. The number of amides is 3. The van der Waals surface area contributed by atoms with Crippen LogP contribution >= 0.6 is 0 Å². The minimum atomic E-state index is -0.563. The van der Waals surface area contributed by atoms with Crippen LogP contribution in [0.15, 0.2) is 24.3 Å². The van der Waals surface area contributed by atoms with Gasteiger partial charge in [-0.05, 0) is 51.7 Å². The van der Waals surface area contributed by atoms with Crippen LogP contribution in [-0.4, -0.2) is 42.6 Å². The van der Waals surface area contributed by atoms with Crippen molar-refractivity contribution < 1.29 is 23.5 Å². The van der Waals surface area contributed by atoms with E-state index in [4.69, 9.17) is 4.74 Å². The highest BCUT2D eigenvalue weighted by molar-refractivity contribution is 6.00. The summed E-state index contributed by atoms with van der Waals surface area (Å²) in [5.41, 5.74) is -0.356. The number of anilines is 1. The van der Waals surface area contributed by atoms with Crippen LogP contribution in [0.2, 0.25) is 0 Å². The van der Waals surface area contributed by atoms with Gasteiger partial charge in [-0.25, -0.2) is 9.18 Å². The van der Waals surface area contributed by atoms with Crippen molar-refractivity contribution in [1.29, 1.82) is 0 Å². The first-order valence-electron chi connectivity index (χ1n) is 10.5. The number of hydrogen-bond acceptors (Lipinski definition) is 4. The van der Waals surface area contributed by atoms with Crippen LogP contribution in [0.25, 0.3) is 0 Å². The van der Waals surface area contributed by atoms with Gasteiger partial charge in [0.1, 0.15) is 11.4 Å². The van der Waals surface area contributed by atoms with Gasteiger partial charge < -0.3 is 20.3 Å². The number of carbonyl (C=O) groups excluding carboxylic acids is 3. The smallest absolute Gasteiger partial charge is 0.407 e. The normalized spacial score (nSPS) is 24.1. The molecule has 1 saturated heterocycles. The monoisotopic (exact) mass is 419 g/mol. The van der Waals surface area contributed by atoms with E-state index in [1.54, 1.807) is 39.0 Å². The van der Waals surface area contributed by atoms with Gasteiger partial charge in [0.25, 0.3) is 0 Å².